The number of hydrogen-bond donors (Lipinski definition) is 1. The molecule has 0 aliphatic carbocycles. The van der Waals surface area contributed by atoms with Crippen LogP contribution in [0.3, 0.4) is 0 Å². The first kappa shape index (κ1) is 24.7. The number of amides is 1. The van der Waals surface area contributed by atoms with Crippen molar-refractivity contribution in [1.29, 1.82) is 5.26 Å². The second kappa shape index (κ2) is 11.8. The molecule has 4 aromatic rings. The van der Waals surface area contributed by atoms with Crippen LogP contribution in [0.4, 0.5) is 5.13 Å². The third kappa shape index (κ3) is 7.27. The Morgan fingerprint density at radius 2 is 1.74 bits per heavy atom. The Bertz CT molecular complexity index is 1380. The lowest BCUT2D eigenvalue weighted by Crippen LogP contribution is -2.13. The van der Waals surface area contributed by atoms with Crippen LogP contribution in [0.2, 0.25) is 5.02 Å². The van der Waals surface area contributed by atoms with Gasteiger partial charge in [0.25, 0.3) is 5.91 Å². The fraction of sp³-hybridized carbons (Fsp3) is 0.0741. The molecule has 0 aliphatic rings. The Morgan fingerprint density at radius 3 is 2.43 bits per heavy atom. The molecule has 8 heteroatoms. The van der Waals surface area contributed by atoms with E-state index >= 15 is 0 Å². The number of halogens is 2. The normalized spacial score (nSPS) is 11.1. The van der Waals surface area contributed by atoms with Gasteiger partial charge in [-0.3, -0.25) is 10.1 Å². The van der Waals surface area contributed by atoms with E-state index in [1.54, 1.807) is 30.5 Å². The molecular weight excluding hydrogens is 546 g/mol. The Hall–Kier alpha value is -3.44. The summed E-state index contributed by atoms with van der Waals surface area (Å²) < 4.78 is 6.80. The van der Waals surface area contributed by atoms with Crippen LogP contribution in [0.1, 0.15) is 21.6 Å². The molecule has 174 valence electrons. The van der Waals surface area contributed by atoms with Gasteiger partial charge in [-0.05, 0) is 59.2 Å². The zero-order valence-corrected chi connectivity index (χ0v) is 21.5. The highest BCUT2D eigenvalue weighted by atomic mass is 79.9. The Kier molecular flexibility index (Phi) is 8.32. The van der Waals surface area contributed by atoms with Gasteiger partial charge in [0.2, 0.25) is 0 Å². The maximum Gasteiger partial charge on any atom is 0.268 e. The highest BCUT2D eigenvalue weighted by Crippen LogP contribution is 2.23. The largest absolute Gasteiger partial charge is 0.489 e. The Morgan fingerprint density at radius 1 is 1.06 bits per heavy atom. The molecule has 4 rings (SSSR count). The predicted molar refractivity (Wildman–Crippen MR) is 144 cm³/mol. The first-order valence-electron chi connectivity index (χ1n) is 10.6. The van der Waals surface area contributed by atoms with Crippen LogP contribution in [-0.2, 0) is 17.8 Å². The van der Waals surface area contributed by atoms with Gasteiger partial charge >= 0.3 is 0 Å². The van der Waals surface area contributed by atoms with Gasteiger partial charge in [-0.25, -0.2) is 4.98 Å². The molecule has 1 N–H and O–H groups in total. The molecule has 35 heavy (non-hydrogen) atoms. The van der Waals surface area contributed by atoms with Crippen LogP contribution in [-0.4, -0.2) is 10.9 Å². The fourth-order valence-electron chi connectivity index (χ4n) is 3.14. The van der Waals surface area contributed by atoms with Gasteiger partial charge in [-0.1, -0.05) is 63.9 Å². The van der Waals surface area contributed by atoms with Crippen molar-refractivity contribution < 1.29 is 9.53 Å². The molecule has 5 nitrogen and oxygen atoms in total. The quantitative estimate of drug-likeness (QED) is 0.180. The summed E-state index contributed by atoms with van der Waals surface area (Å²) in [7, 11) is 0. The standard InChI is InChI=1S/C27H19BrClN3O2S/c28-22-7-1-19(2-8-22)14-25-16-31-27(35-25)32-26(33)21(15-30)13-18-5-11-24(12-6-18)34-17-20-3-9-23(29)10-4-20/h1-13,16H,14,17H2,(H,31,32,33). The number of nitrogens with one attached hydrogen (secondary N) is 1. The van der Waals surface area contributed by atoms with Gasteiger partial charge in [0.15, 0.2) is 5.13 Å². The zero-order chi connectivity index (χ0) is 24.6. The maximum absolute atomic E-state index is 12.6. The third-order valence-electron chi connectivity index (χ3n) is 4.94. The van der Waals surface area contributed by atoms with Gasteiger partial charge < -0.3 is 4.74 Å². The second-order valence-electron chi connectivity index (χ2n) is 7.54. The molecule has 0 fully saturated rings. The highest BCUT2D eigenvalue weighted by Gasteiger charge is 2.12. The molecule has 0 saturated heterocycles. The van der Waals surface area contributed by atoms with E-state index in [1.807, 2.05) is 54.6 Å². The summed E-state index contributed by atoms with van der Waals surface area (Å²) in [6.07, 6.45) is 3.99. The average molecular weight is 565 g/mol. The minimum Gasteiger partial charge on any atom is -0.489 e. The van der Waals surface area contributed by atoms with Crippen molar-refractivity contribution in [3.63, 3.8) is 0 Å². The summed E-state index contributed by atoms with van der Waals surface area (Å²) in [6.45, 7) is 0.413. The van der Waals surface area contributed by atoms with Gasteiger partial charge in [-0.2, -0.15) is 5.26 Å². The van der Waals surface area contributed by atoms with Gasteiger partial charge in [-0.15, -0.1) is 11.3 Å². The molecule has 0 radical (unpaired) electrons. The van der Waals surface area contributed by atoms with E-state index in [9.17, 15) is 10.1 Å². The van der Waals surface area contributed by atoms with Crippen LogP contribution in [0.5, 0.6) is 5.75 Å². The minimum atomic E-state index is -0.500. The maximum atomic E-state index is 12.6. The number of ether oxygens (including phenoxy) is 1. The van der Waals surface area contributed by atoms with E-state index in [2.05, 4.69) is 26.2 Å². The number of benzene rings is 3. The molecule has 0 aliphatic heterocycles. The van der Waals surface area contributed by atoms with Crippen LogP contribution >= 0.6 is 38.9 Å². The number of anilines is 1. The molecule has 0 bridgehead atoms. The molecule has 0 saturated carbocycles. The van der Waals surface area contributed by atoms with E-state index < -0.39 is 5.91 Å². The van der Waals surface area contributed by atoms with E-state index in [0.717, 1.165) is 20.5 Å². The predicted octanol–water partition coefficient (Wildman–Crippen LogP) is 7.27. The number of nitrogens with zero attached hydrogens (tertiary/aromatic N) is 2. The topological polar surface area (TPSA) is 75.0 Å². The monoisotopic (exact) mass is 563 g/mol. The SMILES string of the molecule is N#CC(=Cc1ccc(OCc2ccc(Cl)cc2)cc1)C(=O)Nc1ncc(Cc2ccc(Br)cc2)s1. The summed E-state index contributed by atoms with van der Waals surface area (Å²) >= 11 is 10.7. The summed E-state index contributed by atoms with van der Waals surface area (Å²) in [5, 5.41) is 13.4. The van der Waals surface area contributed by atoms with Gasteiger partial charge in [0.05, 0.1) is 0 Å². The molecule has 1 heterocycles. The van der Waals surface area contributed by atoms with Crippen LogP contribution in [0.15, 0.2) is 89.0 Å². The van der Waals surface area contributed by atoms with E-state index in [0.29, 0.717) is 34.5 Å². The smallest absolute Gasteiger partial charge is 0.268 e. The van der Waals surface area contributed by atoms with Gasteiger partial charge in [0.1, 0.15) is 24.0 Å². The van der Waals surface area contributed by atoms with Crippen LogP contribution in [0.25, 0.3) is 6.08 Å². The second-order valence-corrected chi connectivity index (χ2v) is 10.0. The molecule has 1 amide bonds. The molecule has 3 aromatic carbocycles. The third-order valence-corrected chi connectivity index (χ3v) is 6.63. The lowest BCUT2D eigenvalue weighted by molar-refractivity contribution is -0.112. The molecule has 0 atom stereocenters. The highest BCUT2D eigenvalue weighted by molar-refractivity contribution is 9.10. The summed E-state index contributed by atoms with van der Waals surface area (Å²) in [5.41, 5.74) is 2.85. The van der Waals surface area contributed by atoms with Crippen molar-refractivity contribution in [1.82, 2.24) is 4.98 Å². The van der Waals surface area contributed by atoms with Crippen LogP contribution in [0, 0.1) is 11.3 Å². The first-order valence-corrected chi connectivity index (χ1v) is 12.6. The Balaban J connectivity index is 1.35. The van der Waals surface area contributed by atoms with Crippen LogP contribution < -0.4 is 10.1 Å². The van der Waals surface area contributed by atoms with Crippen molar-refractivity contribution in [2.45, 2.75) is 13.0 Å². The molecular formula is C27H19BrClN3O2S. The zero-order valence-electron chi connectivity index (χ0n) is 18.4. The molecule has 0 unspecified atom stereocenters. The number of carbonyl (C=O) groups is 1. The molecule has 1 aromatic heterocycles. The van der Waals surface area contributed by atoms with E-state index in [1.165, 1.54) is 17.4 Å². The van der Waals surface area contributed by atoms with E-state index in [-0.39, 0.29) is 5.57 Å². The van der Waals surface area contributed by atoms with Crippen molar-refractivity contribution in [2.24, 2.45) is 0 Å². The number of thiazole rings is 1. The van der Waals surface area contributed by atoms with Crippen molar-refractivity contribution in [2.75, 3.05) is 5.32 Å². The lowest BCUT2D eigenvalue weighted by atomic mass is 10.1. The number of hydrogen-bond acceptors (Lipinski definition) is 5. The number of carbonyl (C=O) groups excluding carboxylic acids is 1. The van der Waals surface area contributed by atoms with Gasteiger partial charge in [0, 0.05) is 27.0 Å². The summed E-state index contributed by atoms with van der Waals surface area (Å²) in [6, 6.07) is 24.6. The van der Waals surface area contributed by atoms with Crippen molar-refractivity contribution in [3.05, 3.63) is 116 Å². The van der Waals surface area contributed by atoms with Crippen molar-refractivity contribution in [3.8, 4) is 11.8 Å². The summed E-state index contributed by atoms with van der Waals surface area (Å²) in [5.74, 6) is 0.182. The average Bonchev–Trinajstić information content (AvgIpc) is 3.30. The van der Waals surface area contributed by atoms with E-state index in [4.69, 9.17) is 16.3 Å². The minimum absolute atomic E-state index is 0.00973. The van der Waals surface area contributed by atoms with Crippen molar-refractivity contribution >= 4 is 56.0 Å². The first-order chi connectivity index (χ1) is 17.0. The number of aromatic nitrogens is 1. The number of rotatable bonds is 8. The summed E-state index contributed by atoms with van der Waals surface area (Å²) in [4.78, 5) is 17.9. The molecule has 0 spiro atoms. The number of nitriles is 1. The Labute approximate surface area is 220 Å². The lowest BCUT2D eigenvalue weighted by Gasteiger charge is -2.07. The fourth-order valence-corrected chi connectivity index (χ4v) is 4.37.